The monoisotopic (exact) mass is 305 g/mol. The fraction of sp³-hybridized carbons (Fsp3) is 0.118. The maximum Gasteiger partial charge on any atom is 0.245 e. The second-order valence-electron chi connectivity index (χ2n) is 5.21. The Bertz CT molecular complexity index is 965. The van der Waals surface area contributed by atoms with E-state index in [9.17, 15) is 0 Å². The topological polar surface area (TPSA) is 75.7 Å². The molecule has 0 saturated heterocycles. The van der Waals surface area contributed by atoms with Crippen LogP contribution in [0, 0.1) is 0 Å². The summed E-state index contributed by atoms with van der Waals surface area (Å²) in [5.74, 6) is 1.28. The molecule has 0 bridgehead atoms. The summed E-state index contributed by atoms with van der Waals surface area (Å²) in [7, 11) is 1.64. The van der Waals surface area contributed by atoms with Gasteiger partial charge >= 0.3 is 0 Å². The van der Waals surface area contributed by atoms with Crippen LogP contribution in [-0.2, 0) is 6.54 Å². The largest absolute Gasteiger partial charge is 0.497 e. The highest BCUT2D eigenvalue weighted by Gasteiger charge is 2.10. The lowest BCUT2D eigenvalue weighted by Gasteiger charge is -2.03. The molecule has 0 atom stereocenters. The number of hydrogen-bond donors (Lipinski definition) is 2. The van der Waals surface area contributed by atoms with Gasteiger partial charge in [-0.05, 0) is 23.8 Å². The lowest BCUT2D eigenvalue weighted by molar-refractivity contribution is 0.415. The Hall–Kier alpha value is -3.15. The van der Waals surface area contributed by atoms with Crippen molar-refractivity contribution >= 4 is 28.0 Å². The second-order valence-corrected chi connectivity index (χ2v) is 5.21. The molecular formula is C17H15N5O. The molecule has 0 amide bonds. The third-order valence-electron chi connectivity index (χ3n) is 3.72. The van der Waals surface area contributed by atoms with E-state index in [0.717, 1.165) is 27.7 Å². The Morgan fingerprint density at radius 2 is 1.96 bits per heavy atom. The van der Waals surface area contributed by atoms with Crippen molar-refractivity contribution in [1.29, 1.82) is 0 Å². The smallest absolute Gasteiger partial charge is 0.245 e. The van der Waals surface area contributed by atoms with Crippen LogP contribution < -0.4 is 10.1 Å². The van der Waals surface area contributed by atoms with E-state index in [1.54, 1.807) is 7.11 Å². The number of nitrogens with one attached hydrogen (secondary N) is 2. The second kappa shape index (κ2) is 5.57. The van der Waals surface area contributed by atoms with E-state index < -0.39 is 0 Å². The molecule has 0 unspecified atom stereocenters. The summed E-state index contributed by atoms with van der Waals surface area (Å²) in [4.78, 5) is 7.76. The quantitative estimate of drug-likeness (QED) is 0.606. The molecule has 0 aliphatic carbocycles. The van der Waals surface area contributed by atoms with E-state index in [-0.39, 0.29) is 0 Å². The molecular weight excluding hydrogens is 290 g/mol. The predicted octanol–water partition coefficient (Wildman–Crippen LogP) is 3.13. The standard InChI is InChI=1S/C17H15N5O/c1-23-12-7-8-14-13(9-12)15-16(19-14)20-17(22-21-15)18-10-11-5-3-2-4-6-11/h2-9H,10H2,1H3,(H2,18,19,20,22). The molecule has 0 fully saturated rings. The summed E-state index contributed by atoms with van der Waals surface area (Å²) < 4.78 is 5.26. The normalized spacial score (nSPS) is 11.0. The first-order valence-electron chi connectivity index (χ1n) is 7.31. The van der Waals surface area contributed by atoms with Gasteiger partial charge in [-0.15, -0.1) is 10.2 Å². The van der Waals surface area contributed by atoms with Crippen LogP contribution in [0.1, 0.15) is 5.56 Å². The van der Waals surface area contributed by atoms with Crippen LogP contribution in [0.3, 0.4) is 0 Å². The van der Waals surface area contributed by atoms with Gasteiger partial charge in [-0.2, -0.15) is 4.98 Å². The Labute approximate surface area is 132 Å². The van der Waals surface area contributed by atoms with Crippen LogP contribution in [0.25, 0.3) is 22.1 Å². The maximum atomic E-state index is 5.26. The van der Waals surface area contributed by atoms with Crippen LogP contribution in [0.5, 0.6) is 5.75 Å². The molecule has 4 aromatic rings. The van der Waals surface area contributed by atoms with Gasteiger partial charge in [0.05, 0.1) is 7.11 Å². The molecule has 0 saturated carbocycles. The summed E-state index contributed by atoms with van der Waals surface area (Å²) in [6.07, 6.45) is 0. The Balaban J connectivity index is 1.66. The van der Waals surface area contributed by atoms with Crippen molar-refractivity contribution in [2.75, 3.05) is 12.4 Å². The van der Waals surface area contributed by atoms with Crippen molar-refractivity contribution in [2.24, 2.45) is 0 Å². The van der Waals surface area contributed by atoms with Gasteiger partial charge < -0.3 is 15.0 Å². The zero-order valence-electron chi connectivity index (χ0n) is 12.6. The van der Waals surface area contributed by atoms with Crippen molar-refractivity contribution in [3.05, 3.63) is 54.1 Å². The lowest BCUT2D eigenvalue weighted by Crippen LogP contribution is -2.04. The number of hydrogen-bond acceptors (Lipinski definition) is 5. The Kier molecular flexibility index (Phi) is 3.27. The number of ether oxygens (including phenoxy) is 1. The SMILES string of the molecule is COc1ccc2[nH]c3nc(NCc4ccccc4)nnc3c2c1. The van der Waals surface area contributed by atoms with Gasteiger partial charge in [0.2, 0.25) is 5.95 Å². The van der Waals surface area contributed by atoms with Gasteiger partial charge in [0, 0.05) is 17.4 Å². The maximum absolute atomic E-state index is 5.26. The number of anilines is 1. The number of benzene rings is 2. The predicted molar refractivity (Wildman–Crippen MR) is 89.5 cm³/mol. The van der Waals surface area contributed by atoms with Gasteiger partial charge in [0.15, 0.2) is 5.65 Å². The average molecular weight is 305 g/mol. The number of aromatic amines is 1. The molecule has 0 spiro atoms. The van der Waals surface area contributed by atoms with Crippen LogP contribution in [0.4, 0.5) is 5.95 Å². The van der Waals surface area contributed by atoms with E-state index in [4.69, 9.17) is 4.74 Å². The average Bonchev–Trinajstić information content (AvgIpc) is 2.97. The minimum absolute atomic E-state index is 0.500. The first-order valence-corrected chi connectivity index (χ1v) is 7.31. The molecule has 23 heavy (non-hydrogen) atoms. The van der Waals surface area contributed by atoms with Gasteiger partial charge in [0.1, 0.15) is 11.3 Å². The third kappa shape index (κ3) is 2.55. The molecule has 6 heteroatoms. The zero-order valence-corrected chi connectivity index (χ0v) is 12.6. The number of H-pyrrole nitrogens is 1. The van der Waals surface area contributed by atoms with E-state index >= 15 is 0 Å². The number of rotatable bonds is 4. The number of nitrogens with zero attached hydrogens (tertiary/aromatic N) is 3. The molecule has 4 rings (SSSR count). The molecule has 2 heterocycles. The molecule has 2 N–H and O–H groups in total. The highest BCUT2D eigenvalue weighted by molar-refractivity contribution is 6.03. The van der Waals surface area contributed by atoms with Crippen LogP contribution in [0.2, 0.25) is 0 Å². The van der Waals surface area contributed by atoms with Gasteiger partial charge in [-0.25, -0.2) is 0 Å². The lowest BCUT2D eigenvalue weighted by atomic mass is 10.2. The minimum Gasteiger partial charge on any atom is -0.497 e. The van der Waals surface area contributed by atoms with Crippen LogP contribution in [-0.4, -0.2) is 27.3 Å². The highest BCUT2D eigenvalue weighted by Crippen LogP contribution is 2.26. The third-order valence-corrected chi connectivity index (χ3v) is 3.72. The molecule has 2 aromatic heterocycles. The van der Waals surface area contributed by atoms with Crippen molar-refractivity contribution in [3.63, 3.8) is 0 Å². The summed E-state index contributed by atoms with van der Waals surface area (Å²) in [5.41, 5.74) is 3.57. The van der Waals surface area contributed by atoms with Crippen molar-refractivity contribution < 1.29 is 4.74 Å². The zero-order chi connectivity index (χ0) is 15.6. The number of aromatic nitrogens is 4. The summed E-state index contributed by atoms with van der Waals surface area (Å²) in [5, 5.41) is 12.6. The van der Waals surface area contributed by atoms with Gasteiger partial charge in [-0.1, -0.05) is 30.3 Å². The Morgan fingerprint density at radius 1 is 1.09 bits per heavy atom. The molecule has 0 radical (unpaired) electrons. The highest BCUT2D eigenvalue weighted by atomic mass is 16.5. The molecule has 2 aromatic carbocycles. The van der Waals surface area contributed by atoms with E-state index in [2.05, 4.69) is 25.5 Å². The van der Waals surface area contributed by atoms with E-state index in [1.165, 1.54) is 0 Å². The van der Waals surface area contributed by atoms with Gasteiger partial charge in [-0.3, -0.25) is 0 Å². The van der Waals surface area contributed by atoms with E-state index in [0.29, 0.717) is 18.1 Å². The fourth-order valence-electron chi connectivity index (χ4n) is 2.53. The van der Waals surface area contributed by atoms with Gasteiger partial charge in [0.25, 0.3) is 0 Å². The first-order chi connectivity index (χ1) is 11.3. The fourth-order valence-corrected chi connectivity index (χ4v) is 2.53. The van der Waals surface area contributed by atoms with Crippen LogP contribution in [0.15, 0.2) is 48.5 Å². The molecule has 0 aliphatic heterocycles. The minimum atomic E-state index is 0.500. The molecule has 0 aliphatic rings. The molecule has 114 valence electrons. The van der Waals surface area contributed by atoms with E-state index in [1.807, 2.05) is 48.5 Å². The first kappa shape index (κ1) is 13.5. The van der Waals surface area contributed by atoms with Crippen LogP contribution >= 0.6 is 0 Å². The van der Waals surface area contributed by atoms with Crippen molar-refractivity contribution in [3.8, 4) is 5.75 Å². The van der Waals surface area contributed by atoms with Crippen molar-refractivity contribution in [2.45, 2.75) is 6.54 Å². The Morgan fingerprint density at radius 3 is 2.78 bits per heavy atom. The molecule has 6 nitrogen and oxygen atoms in total. The number of fused-ring (bicyclic) bond motifs is 3. The number of methoxy groups -OCH3 is 1. The summed E-state index contributed by atoms with van der Waals surface area (Å²) in [6.45, 7) is 0.655. The summed E-state index contributed by atoms with van der Waals surface area (Å²) in [6, 6.07) is 15.9. The summed E-state index contributed by atoms with van der Waals surface area (Å²) >= 11 is 0. The van der Waals surface area contributed by atoms with Crippen molar-refractivity contribution in [1.82, 2.24) is 20.2 Å².